The smallest absolute Gasteiger partial charge is 0.306 e. The third kappa shape index (κ3) is 6.31. The number of amides is 1. The van der Waals surface area contributed by atoms with Crippen LogP contribution in [0.25, 0.3) is 11.4 Å². The van der Waals surface area contributed by atoms with E-state index in [1.807, 2.05) is 24.3 Å². The number of hydrogen-bond acceptors (Lipinski definition) is 7. The molecule has 0 radical (unpaired) electrons. The van der Waals surface area contributed by atoms with Crippen LogP contribution in [0.5, 0.6) is 5.75 Å². The van der Waals surface area contributed by atoms with E-state index >= 15 is 0 Å². The molecule has 9 heteroatoms. The van der Waals surface area contributed by atoms with Crippen LogP contribution < -0.4 is 10.1 Å². The Morgan fingerprint density at radius 3 is 2.73 bits per heavy atom. The van der Waals surface area contributed by atoms with Crippen LogP contribution in [0.2, 0.25) is 5.02 Å². The van der Waals surface area contributed by atoms with Gasteiger partial charge in [0.25, 0.3) is 5.91 Å². The highest BCUT2D eigenvalue weighted by molar-refractivity contribution is 6.30. The number of halogens is 1. The zero-order valence-electron chi connectivity index (χ0n) is 16.3. The highest BCUT2D eigenvalue weighted by Crippen LogP contribution is 2.19. The normalized spacial score (nSPS) is 10.5. The molecule has 0 spiro atoms. The Balaban J connectivity index is 1.38. The number of ether oxygens (including phenoxy) is 2. The van der Waals surface area contributed by atoms with Crippen LogP contribution in [0.4, 0.5) is 0 Å². The van der Waals surface area contributed by atoms with Gasteiger partial charge in [0.05, 0.1) is 13.5 Å². The van der Waals surface area contributed by atoms with Gasteiger partial charge >= 0.3 is 5.97 Å². The predicted octanol–water partition coefficient (Wildman–Crippen LogP) is 3.19. The number of nitrogens with zero attached hydrogens (tertiary/aromatic N) is 2. The van der Waals surface area contributed by atoms with Crippen molar-refractivity contribution in [3.8, 4) is 17.1 Å². The average Bonchev–Trinajstić information content (AvgIpc) is 3.24. The third-order valence-corrected chi connectivity index (χ3v) is 4.35. The second-order valence-corrected chi connectivity index (χ2v) is 6.74. The van der Waals surface area contributed by atoms with Crippen molar-refractivity contribution in [1.82, 2.24) is 15.5 Å². The number of aryl methyl sites for hydroxylation is 1. The molecular formula is C21H20ClN3O5. The Morgan fingerprint density at radius 1 is 1.17 bits per heavy atom. The fourth-order valence-electron chi connectivity index (χ4n) is 2.53. The lowest BCUT2D eigenvalue weighted by atomic mass is 10.2. The summed E-state index contributed by atoms with van der Waals surface area (Å²) in [7, 11) is 1.57. The van der Waals surface area contributed by atoms with Crippen LogP contribution in [-0.4, -0.2) is 35.7 Å². The molecule has 1 aromatic heterocycles. The fraction of sp³-hybridized carbons (Fsp3) is 0.238. The van der Waals surface area contributed by atoms with Gasteiger partial charge in [-0.2, -0.15) is 4.98 Å². The van der Waals surface area contributed by atoms with Crippen LogP contribution in [0.1, 0.15) is 17.9 Å². The van der Waals surface area contributed by atoms with Crippen LogP contribution in [-0.2, 0) is 27.3 Å². The Labute approximate surface area is 178 Å². The first-order valence-corrected chi connectivity index (χ1v) is 9.55. The third-order valence-electron chi connectivity index (χ3n) is 4.10. The number of hydrogen-bond donors (Lipinski definition) is 1. The van der Waals surface area contributed by atoms with Crippen LogP contribution in [0.15, 0.2) is 53.1 Å². The first-order chi connectivity index (χ1) is 14.5. The lowest BCUT2D eigenvalue weighted by Crippen LogP contribution is -2.28. The summed E-state index contributed by atoms with van der Waals surface area (Å²) in [6.07, 6.45) is 0.232. The largest absolute Gasteiger partial charge is 0.497 e. The Bertz CT molecular complexity index is 1000. The second-order valence-electron chi connectivity index (χ2n) is 6.31. The SMILES string of the molecule is COc1cccc(CNC(=O)COC(=O)CCc2nc(-c3ccc(Cl)cc3)no2)c1. The van der Waals surface area contributed by atoms with Crippen LogP contribution in [0, 0.1) is 0 Å². The number of methoxy groups -OCH3 is 1. The van der Waals surface area contributed by atoms with Gasteiger partial charge in [-0.1, -0.05) is 28.9 Å². The molecule has 3 aromatic rings. The van der Waals surface area contributed by atoms with Crippen molar-refractivity contribution in [3.05, 3.63) is 65.0 Å². The number of carbonyl (C=O) groups is 2. The first-order valence-electron chi connectivity index (χ1n) is 9.17. The zero-order valence-corrected chi connectivity index (χ0v) is 17.0. The number of rotatable bonds is 9. The number of esters is 1. The molecule has 0 aliphatic rings. The van der Waals surface area contributed by atoms with E-state index in [9.17, 15) is 9.59 Å². The lowest BCUT2D eigenvalue weighted by molar-refractivity contribution is -0.148. The van der Waals surface area contributed by atoms with E-state index in [0.717, 1.165) is 11.1 Å². The molecule has 0 aliphatic heterocycles. The fourth-order valence-corrected chi connectivity index (χ4v) is 2.66. The quantitative estimate of drug-likeness (QED) is 0.521. The molecule has 0 saturated heterocycles. The lowest BCUT2D eigenvalue weighted by Gasteiger charge is -2.07. The van der Waals surface area contributed by atoms with Crippen molar-refractivity contribution in [2.24, 2.45) is 0 Å². The summed E-state index contributed by atoms with van der Waals surface area (Å²) in [6.45, 7) is -0.0499. The van der Waals surface area contributed by atoms with Gasteiger partial charge in [-0.15, -0.1) is 0 Å². The summed E-state index contributed by atoms with van der Waals surface area (Å²) in [5.74, 6) is 0.492. The minimum absolute atomic E-state index is 0.0193. The van der Waals surface area contributed by atoms with E-state index in [2.05, 4.69) is 15.5 Å². The number of carbonyl (C=O) groups excluding carboxylic acids is 2. The van der Waals surface area contributed by atoms with Crippen LogP contribution >= 0.6 is 11.6 Å². The summed E-state index contributed by atoms with van der Waals surface area (Å²) in [6, 6.07) is 14.3. The van der Waals surface area contributed by atoms with Gasteiger partial charge in [-0.25, -0.2) is 0 Å². The molecule has 0 unspecified atom stereocenters. The van der Waals surface area contributed by atoms with E-state index in [1.165, 1.54) is 0 Å². The molecule has 0 atom stereocenters. The van der Waals surface area contributed by atoms with E-state index < -0.39 is 11.9 Å². The van der Waals surface area contributed by atoms with Crippen LogP contribution in [0.3, 0.4) is 0 Å². The number of benzene rings is 2. The Morgan fingerprint density at radius 2 is 1.97 bits per heavy atom. The molecule has 30 heavy (non-hydrogen) atoms. The van der Waals surface area contributed by atoms with E-state index in [4.69, 9.17) is 25.6 Å². The summed E-state index contributed by atoms with van der Waals surface area (Å²) in [5, 5.41) is 7.17. The molecule has 1 heterocycles. The Kier molecular flexibility index (Phi) is 7.40. The number of nitrogens with one attached hydrogen (secondary N) is 1. The topological polar surface area (TPSA) is 104 Å². The summed E-state index contributed by atoms with van der Waals surface area (Å²) in [5.41, 5.74) is 1.63. The van der Waals surface area contributed by atoms with Crippen molar-refractivity contribution in [2.75, 3.05) is 13.7 Å². The molecule has 0 aliphatic carbocycles. The van der Waals surface area contributed by atoms with Gasteiger partial charge in [-0.3, -0.25) is 9.59 Å². The average molecular weight is 430 g/mol. The monoisotopic (exact) mass is 429 g/mol. The summed E-state index contributed by atoms with van der Waals surface area (Å²) >= 11 is 5.85. The van der Waals surface area contributed by atoms with Crippen molar-refractivity contribution in [1.29, 1.82) is 0 Å². The minimum Gasteiger partial charge on any atom is -0.497 e. The molecule has 8 nitrogen and oxygen atoms in total. The zero-order chi connectivity index (χ0) is 21.3. The van der Waals surface area contributed by atoms with E-state index in [-0.39, 0.29) is 19.4 Å². The molecular weight excluding hydrogens is 410 g/mol. The van der Waals surface area contributed by atoms with E-state index in [0.29, 0.717) is 29.0 Å². The molecule has 3 rings (SSSR count). The summed E-state index contributed by atoms with van der Waals surface area (Å²) < 4.78 is 15.3. The van der Waals surface area contributed by atoms with Crippen molar-refractivity contribution in [2.45, 2.75) is 19.4 Å². The first kappa shape index (κ1) is 21.3. The second kappa shape index (κ2) is 10.4. The van der Waals surface area contributed by atoms with Gasteiger partial charge in [0.1, 0.15) is 5.75 Å². The highest BCUT2D eigenvalue weighted by atomic mass is 35.5. The van der Waals surface area contributed by atoms with E-state index in [1.54, 1.807) is 31.4 Å². The number of aromatic nitrogens is 2. The van der Waals surface area contributed by atoms with Gasteiger partial charge in [0, 0.05) is 23.6 Å². The molecule has 0 saturated carbocycles. The van der Waals surface area contributed by atoms with Crippen molar-refractivity contribution < 1.29 is 23.6 Å². The molecule has 1 N–H and O–H groups in total. The maximum absolute atomic E-state index is 11.9. The minimum atomic E-state index is -0.530. The maximum Gasteiger partial charge on any atom is 0.306 e. The van der Waals surface area contributed by atoms with Gasteiger partial charge in [0.2, 0.25) is 11.7 Å². The standard InChI is InChI=1S/C21H20ClN3O5/c1-28-17-4-2-3-14(11-17)12-23-18(26)13-29-20(27)10-9-19-24-21(25-30-19)15-5-7-16(22)8-6-15/h2-8,11H,9-10,12-13H2,1H3,(H,23,26). The maximum atomic E-state index is 11.9. The van der Waals surface area contributed by atoms with Crippen molar-refractivity contribution >= 4 is 23.5 Å². The molecule has 0 fully saturated rings. The highest BCUT2D eigenvalue weighted by Gasteiger charge is 2.13. The molecule has 156 valence electrons. The molecule has 0 bridgehead atoms. The van der Waals surface area contributed by atoms with Gasteiger partial charge in [0.15, 0.2) is 6.61 Å². The van der Waals surface area contributed by atoms with Crippen molar-refractivity contribution in [3.63, 3.8) is 0 Å². The predicted molar refractivity (Wildman–Crippen MR) is 109 cm³/mol. The Hall–Kier alpha value is -3.39. The van der Waals surface area contributed by atoms with Gasteiger partial charge in [-0.05, 0) is 42.0 Å². The summed E-state index contributed by atoms with van der Waals surface area (Å²) in [4.78, 5) is 28.0. The van der Waals surface area contributed by atoms with Gasteiger partial charge < -0.3 is 19.3 Å². The molecule has 2 aromatic carbocycles. The molecule has 1 amide bonds.